The fourth-order valence-corrected chi connectivity index (χ4v) is 5.38. The second-order valence-electron chi connectivity index (χ2n) is 9.30. The lowest BCUT2D eigenvalue weighted by atomic mass is 9.98. The molecule has 0 saturated heterocycles. The summed E-state index contributed by atoms with van der Waals surface area (Å²) < 4.78 is 5.63. The summed E-state index contributed by atoms with van der Waals surface area (Å²) in [7, 11) is 0. The highest BCUT2D eigenvalue weighted by Gasteiger charge is 2.44. The molecule has 0 heterocycles. The Morgan fingerprint density at radius 3 is 2.24 bits per heavy atom. The van der Waals surface area contributed by atoms with Crippen LogP contribution in [-0.2, 0) is 14.3 Å². The minimum absolute atomic E-state index is 0.00783. The highest BCUT2D eigenvalue weighted by atomic mass is 16.5. The van der Waals surface area contributed by atoms with Gasteiger partial charge in [-0.1, -0.05) is 55.0 Å². The van der Waals surface area contributed by atoms with Gasteiger partial charge in [0, 0.05) is 18.5 Å². The molecular weight excluding hydrogens is 420 g/mol. The first kappa shape index (κ1) is 21.5. The number of aliphatic carboxylic acids is 1. The number of carboxylic acid groups (broad SMARTS) is 1. The number of carboxylic acids is 1. The Kier molecular flexibility index (Phi) is 5.79. The zero-order valence-electron chi connectivity index (χ0n) is 18.3. The summed E-state index contributed by atoms with van der Waals surface area (Å²) in [6, 6.07) is 16.1. The topological polar surface area (TPSA) is 105 Å². The molecule has 33 heavy (non-hydrogen) atoms. The van der Waals surface area contributed by atoms with Gasteiger partial charge in [0.2, 0.25) is 5.91 Å². The maximum Gasteiger partial charge on any atom is 0.407 e. The largest absolute Gasteiger partial charge is 0.481 e. The zero-order valence-corrected chi connectivity index (χ0v) is 18.3. The summed E-state index contributed by atoms with van der Waals surface area (Å²) in [5.74, 6) is -1.57. The van der Waals surface area contributed by atoms with Crippen molar-refractivity contribution < 1.29 is 24.2 Å². The van der Waals surface area contributed by atoms with E-state index in [9.17, 15) is 14.4 Å². The predicted octanol–water partition coefficient (Wildman–Crippen LogP) is 3.53. The van der Waals surface area contributed by atoms with Crippen LogP contribution in [0.4, 0.5) is 4.79 Å². The van der Waals surface area contributed by atoms with Crippen LogP contribution >= 0.6 is 0 Å². The molecule has 2 aromatic carbocycles. The van der Waals surface area contributed by atoms with Gasteiger partial charge in [0.05, 0.1) is 11.8 Å². The van der Waals surface area contributed by atoms with Crippen molar-refractivity contribution in [2.24, 2.45) is 17.8 Å². The van der Waals surface area contributed by atoms with Crippen LogP contribution < -0.4 is 10.6 Å². The van der Waals surface area contributed by atoms with E-state index < -0.39 is 12.1 Å². The van der Waals surface area contributed by atoms with Crippen LogP contribution in [0.25, 0.3) is 11.1 Å². The molecule has 3 N–H and O–H groups in total. The smallest absolute Gasteiger partial charge is 0.407 e. The first-order valence-electron chi connectivity index (χ1n) is 11.6. The second kappa shape index (κ2) is 8.89. The standard InChI is InChI=1S/C26H28N2O5/c29-24(27-13-15-12-21(15)25(30)31)20-10-5-11-23(20)28-26(32)33-14-22-18-8-3-1-6-16(18)17-7-2-4-9-19(17)22/h1-4,6-9,15,20-23H,5,10-14H2,(H,27,29)(H,28,32)(H,30,31). The van der Waals surface area contributed by atoms with E-state index in [0.29, 0.717) is 19.4 Å². The molecule has 0 aromatic heterocycles. The molecule has 5 rings (SSSR count). The normalized spacial score (nSPS) is 25.1. The van der Waals surface area contributed by atoms with Crippen LogP contribution in [0.5, 0.6) is 0 Å². The molecule has 7 heteroatoms. The third-order valence-electron chi connectivity index (χ3n) is 7.28. The summed E-state index contributed by atoms with van der Waals surface area (Å²) >= 11 is 0. The van der Waals surface area contributed by atoms with Crippen molar-refractivity contribution >= 4 is 18.0 Å². The number of benzene rings is 2. The zero-order chi connectivity index (χ0) is 22.9. The molecule has 3 aliphatic rings. The highest BCUT2D eigenvalue weighted by Crippen LogP contribution is 2.44. The van der Waals surface area contributed by atoms with Crippen molar-refractivity contribution in [2.45, 2.75) is 37.6 Å². The van der Waals surface area contributed by atoms with Gasteiger partial charge in [0.1, 0.15) is 6.61 Å². The van der Waals surface area contributed by atoms with E-state index in [1.165, 1.54) is 11.1 Å². The number of hydrogen-bond acceptors (Lipinski definition) is 4. The van der Waals surface area contributed by atoms with E-state index in [0.717, 1.165) is 24.0 Å². The summed E-state index contributed by atoms with van der Waals surface area (Å²) in [4.78, 5) is 36.2. The van der Waals surface area contributed by atoms with Gasteiger partial charge in [-0.2, -0.15) is 0 Å². The molecule has 2 amide bonds. The molecule has 2 aromatic rings. The minimum atomic E-state index is -0.801. The van der Waals surface area contributed by atoms with Crippen molar-refractivity contribution in [2.75, 3.05) is 13.2 Å². The minimum Gasteiger partial charge on any atom is -0.481 e. The molecule has 2 fully saturated rings. The molecule has 0 spiro atoms. The highest BCUT2D eigenvalue weighted by molar-refractivity contribution is 5.81. The van der Waals surface area contributed by atoms with Crippen molar-refractivity contribution in [3.05, 3.63) is 59.7 Å². The van der Waals surface area contributed by atoms with Crippen molar-refractivity contribution in [1.29, 1.82) is 0 Å². The number of rotatable bonds is 7. The van der Waals surface area contributed by atoms with E-state index >= 15 is 0 Å². The molecule has 4 atom stereocenters. The monoisotopic (exact) mass is 448 g/mol. The predicted molar refractivity (Wildman–Crippen MR) is 122 cm³/mol. The van der Waals surface area contributed by atoms with Crippen LogP contribution in [0.3, 0.4) is 0 Å². The van der Waals surface area contributed by atoms with Gasteiger partial charge < -0.3 is 20.5 Å². The molecule has 3 aliphatic carbocycles. The fourth-order valence-electron chi connectivity index (χ4n) is 5.38. The quantitative estimate of drug-likeness (QED) is 0.601. The van der Waals surface area contributed by atoms with Crippen LogP contribution in [-0.4, -0.2) is 42.3 Å². The van der Waals surface area contributed by atoms with Gasteiger partial charge in [0.25, 0.3) is 0 Å². The molecule has 0 radical (unpaired) electrons. The van der Waals surface area contributed by atoms with E-state index in [4.69, 9.17) is 9.84 Å². The molecule has 2 saturated carbocycles. The van der Waals surface area contributed by atoms with Gasteiger partial charge in [-0.3, -0.25) is 9.59 Å². The SMILES string of the molecule is O=C(NC1CCCC1C(=O)NCC1CC1C(=O)O)OCC1c2ccccc2-c2ccccc21. The average Bonchev–Trinajstić information content (AvgIpc) is 3.35. The second-order valence-corrected chi connectivity index (χ2v) is 9.30. The Morgan fingerprint density at radius 2 is 1.61 bits per heavy atom. The summed E-state index contributed by atoms with van der Waals surface area (Å²) in [5, 5.41) is 14.8. The fraction of sp³-hybridized carbons (Fsp3) is 0.423. The van der Waals surface area contributed by atoms with Crippen molar-refractivity contribution in [1.82, 2.24) is 10.6 Å². The van der Waals surface area contributed by atoms with Crippen molar-refractivity contribution in [3.63, 3.8) is 0 Å². The Morgan fingerprint density at radius 1 is 0.939 bits per heavy atom. The van der Waals surface area contributed by atoms with E-state index in [2.05, 4.69) is 34.9 Å². The number of carbonyl (C=O) groups is 3. The van der Waals surface area contributed by atoms with Crippen LogP contribution in [0.1, 0.15) is 42.7 Å². The first-order valence-corrected chi connectivity index (χ1v) is 11.6. The Labute approximate surface area is 192 Å². The summed E-state index contributed by atoms with van der Waals surface area (Å²) in [5.41, 5.74) is 4.67. The number of fused-ring (bicyclic) bond motifs is 3. The van der Waals surface area contributed by atoms with Gasteiger partial charge >= 0.3 is 12.1 Å². The van der Waals surface area contributed by atoms with E-state index in [1.807, 2.05) is 24.3 Å². The van der Waals surface area contributed by atoms with Crippen LogP contribution in [0.15, 0.2) is 48.5 Å². The van der Waals surface area contributed by atoms with Gasteiger partial charge in [-0.05, 0) is 47.4 Å². The van der Waals surface area contributed by atoms with E-state index in [1.54, 1.807) is 0 Å². The average molecular weight is 449 g/mol. The van der Waals surface area contributed by atoms with Gasteiger partial charge in [0.15, 0.2) is 0 Å². The lowest BCUT2D eigenvalue weighted by Gasteiger charge is -2.21. The number of amides is 2. The number of nitrogens with one attached hydrogen (secondary N) is 2. The molecule has 0 bridgehead atoms. The molecular formula is C26H28N2O5. The third kappa shape index (κ3) is 4.32. The Bertz CT molecular complexity index is 1040. The molecule has 0 aliphatic heterocycles. The molecule has 4 unspecified atom stereocenters. The number of alkyl carbamates (subject to hydrolysis) is 1. The van der Waals surface area contributed by atoms with E-state index in [-0.39, 0.29) is 42.2 Å². The summed E-state index contributed by atoms with van der Waals surface area (Å²) in [6.07, 6.45) is 2.39. The van der Waals surface area contributed by atoms with Gasteiger partial charge in [-0.25, -0.2) is 4.79 Å². The lowest BCUT2D eigenvalue weighted by Crippen LogP contribution is -2.44. The number of hydrogen-bond donors (Lipinski definition) is 3. The first-order chi connectivity index (χ1) is 16.0. The maximum absolute atomic E-state index is 12.6. The molecule has 7 nitrogen and oxygen atoms in total. The maximum atomic E-state index is 12.6. The lowest BCUT2D eigenvalue weighted by molar-refractivity contribution is -0.139. The van der Waals surface area contributed by atoms with Crippen LogP contribution in [0, 0.1) is 17.8 Å². The van der Waals surface area contributed by atoms with Crippen LogP contribution in [0.2, 0.25) is 0 Å². The molecule has 172 valence electrons. The summed E-state index contributed by atoms with van der Waals surface area (Å²) in [6.45, 7) is 0.617. The Balaban J connectivity index is 1.15. The third-order valence-corrected chi connectivity index (χ3v) is 7.28. The number of ether oxygens (including phenoxy) is 1. The Hall–Kier alpha value is -3.35. The number of carbonyl (C=O) groups excluding carboxylic acids is 2. The van der Waals surface area contributed by atoms with Gasteiger partial charge in [-0.15, -0.1) is 0 Å². The van der Waals surface area contributed by atoms with Crippen molar-refractivity contribution in [3.8, 4) is 11.1 Å².